The molecule has 0 saturated heterocycles. The second-order valence-corrected chi connectivity index (χ2v) is 5.06. The summed E-state index contributed by atoms with van der Waals surface area (Å²) in [5.74, 6) is 0.915. The lowest BCUT2D eigenvalue weighted by Crippen LogP contribution is -2.24. The minimum Gasteiger partial charge on any atom is -0.481 e. The molecule has 1 fully saturated rings. The maximum absolute atomic E-state index is 10.4. The number of rotatable bonds is 8. The summed E-state index contributed by atoms with van der Waals surface area (Å²) in [5, 5.41) is 8.55. The fourth-order valence-corrected chi connectivity index (χ4v) is 1.90. The van der Waals surface area contributed by atoms with E-state index < -0.39 is 5.97 Å². The van der Waals surface area contributed by atoms with Gasteiger partial charge in [0.15, 0.2) is 0 Å². The van der Waals surface area contributed by atoms with Crippen molar-refractivity contribution in [2.24, 2.45) is 17.6 Å². The fraction of sp³-hybridized carbons (Fsp3) is 0.917. The van der Waals surface area contributed by atoms with Crippen LogP contribution in [0.1, 0.15) is 51.9 Å². The van der Waals surface area contributed by atoms with Crippen LogP contribution < -0.4 is 5.73 Å². The van der Waals surface area contributed by atoms with Gasteiger partial charge in [-0.3, -0.25) is 4.79 Å². The van der Waals surface area contributed by atoms with Gasteiger partial charge in [0.05, 0.1) is 6.42 Å². The van der Waals surface area contributed by atoms with Crippen LogP contribution in [-0.4, -0.2) is 17.1 Å². The Labute approximate surface area is 92.0 Å². The molecule has 0 unspecified atom stereocenters. The summed E-state index contributed by atoms with van der Waals surface area (Å²) < 4.78 is 0. The fourth-order valence-electron chi connectivity index (χ4n) is 1.90. The first-order valence-corrected chi connectivity index (χ1v) is 6.05. The van der Waals surface area contributed by atoms with Gasteiger partial charge >= 0.3 is 5.97 Å². The summed E-state index contributed by atoms with van der Waals surface area (Å²) in [6.07, 6.45) is 7.50. The van der Waals surface area contributed by atoms with Gasteiger partial charge in [-0.2, -0.15) is 0 Å². The van der Waals surface area contributed by atoms with Crippen LogP contribution in [0.3, 0.4) is 0 Å². The topological polar surface area (TPSA) is 63.3 Å². The maximum atomic E-state index is 10.4. The molecular formula is C12H23NO2. The molecule has 3 N–H and O–H groups in total. The van der Waals surface area contributed by atoms with Crippen molar-refractivity contribution >= 4 is 5.97 Å². The Kier molecular flexibility index (Phi) is 5.09. The second kappa shape index (κ2) is 6.11. The second-order valence-electron chi connectivity index (χ2n) is 5.06. The molecule has 1 aliphatic carbocycles. The number of carbonyl (C=O) groups is 1. The molecule has 3 heteroatoms. The van der Waals surface area contributed by atoms with E-state index in [1.165, 1.54) is 25.7 Å². The van der Waals surface area contributed by atoms with Gasteiger partial charge in [0, 0.05) is 6.04 Å². The van der Waals surface area contributed by atoms with E-state index in [0.717, 1.165) is 18.8 Å². The number of aliphatic carboxylic acids is 1. The highest BCUT2D eigenvalue weighted by molar-refractivity contribution is 5.67. The predicted molar refractivity (Wildman–Crippen MR) is 60.6 cm³/mol. The number of hydrogen-bond acceptors (Lipinski definition) is 2. The van der Waals surface area contributed by atoms with Crippen molar-refractivity contribution in [3.8, 4) is 0 Å². The molecule has 0 bridgehead atoms. The third-order valence-corrected chi connectivity index (χ3v) is 3.23. The molecule has 1 saturated carbocycles. The maximum Gasteiger partial charge on any atom is 0.304 e. The molecule has 0 spiro atoms. The van der Waals surface area contributed by atoms with E-state index in [1.54, 1.807) is 0 Å². The molecule has 3 nitrogen and oxygen atoms in total. The number of carboxylic acid groups (broad SMARTS) is 1. The van der Waals surface area contributed by atoms with Gasteiger partial charge in [0.1, 0.15) is 0 Å². The molecule has 0 amide bonds. The average molecular weight is 213 g/mol. The zero-order chi connectivity index (χ0) is 11.3. The normalized spacial score (nSPS) is 19.9. The van der Waals surface area contributed by atoms with E-state index >= 15 is 0 Å². The molecule has 0 heterocycles. The smallest absolute Gasteiger partial charge is 0.304 e. The summed E-state index contributed by atoms with van der Waals surface area (Å²) in [5.41, 5.74) is 5.71. The van der Waals surface area contributed by atoms with Gasteiger partial charge in [0.2, 0.25) is 0 Å². The Balaban J connectivity index is 1.98. The number of carboxylic acids is 1. The molecule has 0 radical (unpaired) electrons. The average Bonchev–Trinajstić information content (AvgIpc) is 2.93. The number of hydrogen-bond donors (Lipinski definition) is 2. The van der Waals surface area contributed by atoms with Crippen molar-refractivity contribution in [3.05, 3.63) is 0 Å². The van der Waals surface area contributed by atoms with Gasteiger partial charge in [-0.1, -0.05) is 32.6 Å². The summed E-state index contributed by atoms with van der Waals surface area (Å²) >= 11 is 0. The third kappa shape index (κ3) is 6.50. The standard InChI is InChI=1S/C12H23NO2/c1-9(2-4-10-5-6-10)3-7-11(13)8-12(14)15/h9-11H,2-8,13H2,1H3,(H,14,15)/t9-,11+/m1/s1. The van der Waals surface area contributed by atoms with Gasteiger partial charge in [-0.15, -0.1) is 0 Å². The predicted octanol–water partition coefficient (Wildman–Crippen LogP) is 2.39. The highest BCUT2D eigenvalue weighted by Crippen LogP contribution is 2.35. The molecule has 15 heavy (non-hydrogen) atoms. The SMILES string of the molecule is C[C@H](CCC1CC1)CC[C@H](N)CC(=O)O. The van der Waals surface area contributed by atoms with E-state index in [2.05, 4.69) is 6.92 Å². The number of nitrogens with two attached hydrogens (primary N) is 1. The Morgan fingerprint density at radius 3 is 2.60 bits per heavy atom. The molecule has 1 rings (SSSR count). The van der Waals surface area contributed by atoms with Crippen LogP contribution in [0, 0.1) is 11.8 Å². The van der Waals surface area contributed by atoms with Crippen molar-refractivity contribution < 1.29 is 9.90 Å². The highest BCUT2D eigenvalue weighted by Gasteiger charge is 2.21. The first kappa shape index (κ1) is 12.5. The van der Waals surface area contributed by atoms with E-state index in [1.807, 2.05) is 0 Å². The largest absolute Gasteiger partial charge is 0.481 e. The van der Waals surface area contributed by atoms with Gasteiger partial charge < -0.3 is 10.8 Å². The van der Waals surface area contributed by atoms with Gasteiger partial charge in [-0.05, 0) is 24.7 Å². The van der Waals surface area contributed by atoms with E-state index in [4.69, 9.17) is 10.8 Å². The molecule has 1 aliphatic rings. The molecule has 0 aliphatic heterocycles. The lowest BCUT2D eigenvalue weighted by atomic mass is 9.95. The van der Waals surface area contributed by atoms with Crippen molar-refractivity contribution in [1.29, 1.82) is 0 Å². The molecule has 2 atom stereocenters. The van der Waals surface area contributed by atoms with Gasteiger partial charge in [-0.25, -0.2) is 0 Å². The van der Waals surface area contributed by atoms with Crippen molar-refractivity contribution in [3.63, 3.8) is 0 Å². The van der Waals surface area contributed by atoms with Crippen LogP contribution in [0.4, 0.5) is 0 Å². The molecule has 88 valence electrons. The zero-order valence-corrected chi connectivity index (χ0v) is 9.61. The monoisotopic (exact) mass is 213 g/mol. The van der Waals surface area contributed by atoms with Crippen LogP contribution >= 0.6 is 0 Å². The van der Waals surface area contributed by atoms with Crippen molar-refractivity contribution in [2.45, 2.75) is 57.9 Å². The Morgan fingerprint density at radius 1 is 1.40 bits per heavy atom. The summed E-state index contributed by atoms with van der Waals surface area (Å²) in [4.78, 5) is 10.4. The van der Waals surface area contributed by atoms with Crippen LogP contribution in [-0.2, 0) is 4.79 Å². The first-order valence-electron chi connectivity index (χ1n) is 6.05. The lowest BCUT2D eigenvalue weighted by molar-refractivity contribution is -0.137. The minimum absolute atomic E-state index is 0.106. The summed E-state index contributed by atoms with van der Waals surface area (Å²) in [6, 6.07) is -0.161. The van der Waals surface area contributed by atoms with E-state index in [9.17, 15) is 4.79 Å². The minimum atomic E-state index is -0.784. The van der Waals surface area contributed by atoms with E-state index in [-0.39, 0.29) is 12.5 Å². The first-order chi connectivity index (χ1) is 7.08. The van der Waals surface area contributed by atoms with E-state index in [0.29, 0.717) is 5.92 Å². The Hall–Kier alpha value is -0.570. The molecule has 0 aromatic carbocycles. The van der Waals surface area contributed by atoms with Crippen molar-refractivity contribution in [1.82, 2.24) is 0 Å². The Morgan fingerprint density at radius 2 is 2.07 bits per heavy atom. The summed E-state index contributed by atoms with van der Waals surface area (Å²) in [7, 11) is 0. The highest BCUT2D eigenvalue weighted by atomic mass is 16.4. The van der Waals surface area contributed by atoms with Crippen molar-refractivity contribution in [2.75, 3.05) is 0 Å². The molecule has 0 aromatic heterocycles. The van der Waals surface area contributed by atoms with Gasteiger partial charge in [0.25, 0.3) is 0 Å². The van der Waals surface area contributed by atoms with Crippen LogP contribution in [0.15, 0.2) is 0 Å². The lowest BCUT2D eigenvalue weighted by Gasteiger charge is -2.13. The molecular weight excluding hydrogens is 190 g/mol. The Bertz CT molecular complexity index is 202. The van der Waals surface area contributed by atoms with Crippen LogP contribution in [0.25, 0.3) is 0 Å². The van der Waals surface area contributed by atoms with Crippen LogP contribution in [0.2, 0.25) is 0 Å². The summed E-state index contributed by atoms with van der Waals surface area (Å²) in [6.45, 7) is 2.25. The quantitative estimate of drug-likeness (QED) is 0.650. The van der Waals surface area contributed by atoms with Crippen LogP contribution in [0.5, 0.6) is 0 Å². The third-order valence-electron chi connectivity index (χ3n) is 3.23. The molecule has 0 aromatic rings. The zero-order valence-electron chi connectivity index (χ0n) is 9.61.